The van der Waals surface area contributed by atoms with E-state index in [1.54, 1.807) is 0 Å². The summed E-state index contributed by atoms with van der Waals surface area (Å²) in [6, 6.07) is 0. The molecule has 1 aliphatic carbocycles. The molecule has 0 spiro atoms. The zero-order valence-corrected chi connectivity index (χ0v) is 15.9. The van der Waals surface area contributed by atoms with Crippen molar-refractivity contribution in [1.29, 1.82) is 0 Å². The van der Waals surface area contributed by atoms with Crippen molar-refractivity contribution in [3.63, 3.8) is 0 Å². The van der Waals surface area contributed by atoms with E-state index in [-0.39, 0.29) is 36.9 Å². The van der Waals surface area contributed by atoms with Crippen molar-refractivity contribution in [3.05, 3.63) is 0 Å². The summed E-state index contributed by atoms with van der Waals surface area (Å²) in [7, 11) is 0. The second-order valence-corrected chi connectivity index (χ2v) is 7.68. The van der Waals surface area contributed by atoms with Crippen LogP contribution in [0.15, 0.2) is 0 Å². The van der Waals surface area contributed by atoms with Gasteiger partial charge < -0.3 is 10.2 Å². The molecule has 0 aliphatic heterocycles. The van der Waals surface area contributed by atoms with Crippen molar-refractivity contribution in [2.45, 2.75) is 102 Å². The minimum Gasteiger partial charge on any atom is -0.481 e. The maximum atomic E-state index is 13.9. The van der Waals surface area contributed by atoms with E-state index in [4.69, 9.17) is 5.11 Å². The predicted octanol–water partition coefficient (Wildman–Crippen LogP) is 4.97. The number of rotatable bonds is 14. The Bertz CT molecular complexity index is 440. The highest BCUT2D eigenvalue weighted by Crippen LogP contribution is 2.38. The van der Waals surface area contributed by atoms with Crippen molar-refractivity contribution >= 4 is 11.8 Å². The molecule has 6 heteroatoms. The first kappa shape index (κ1) is 23.0. The van der Waals surface area contributed by atoms with E-state index in [2.05, 4.69) is 0 Å². The van der Waals surface area contributed by atoms with Gasteiger partial charge in [0.1, 0.15) is 11.9 Å². The number of unbranched alkanes of at least 4 members (excludes halogenated alkanes) is 4. The third-order valence-electron chi connectivity index (χ3n) is 5.56. The Kier molecular flexibility index (Phi) is 10.3. The molecule has 4 nitrogen and oxygen atoms in total. The summed E-state index contributed by atoms with van der Waals surface area (Å²) in [5.41, 5.74) is 0. The molecule has 0 aromatic heterocycles. The highest BCUT2D eigenvalue weighted by Gasteiger charge is 2.39. The van der Waals surface area contributed by atoms with E-state index in [9.17, 15) is 23.5 Å². The van der Waals surface area contributed by atoms with E-state index >= 15 is 0 Å². The van der Waals surface area contributed by atoms with Gasteiger partial charge in [-0.2, -0.15) is 0 Å². The molecule has 1 rings (SSSR count). The SMILES string of the molecule is CCCCC(F)(F)C(O)CCC1CCC(=O)C1CCCCCCC(=O)O. The Morgan fingerprint density at radius 1 is 1.19 bits per heavy atom. The molecule has 0 bridgehead atoms. The van der Waals surface area contributed by atoms with Crippen molar-refractivity contribution in [1.82, 2.24) is 0 Å². The van der Waals surface area contributed by atoms with Crippen LogP contribution in [0.4, 0.5) is 8.78 Å². The standard InChI is InChI=1S/C20H34F2O4/c1-2-3-14-20(21,22)18(24)13-11-15-10-12-17(23)16(15)8-6-4-5-7-9-19(25)26/h15-16,18,24H,2-14H2,1H3,(H,25,26). The molecular formula is C20H34F2O4. The maximum absolute atomic E-state index is 13.9. The lowest BCUT2D eigenvalue weighted by Gasteiger charge is -2.25. The molecule has 1 fully saturated rings. The predicted molar refractivity (Wildman–Crippen MR) is 96.3 cm³/mol. The number of carboxylic acid groups (broad SMARTS) is 1. The number of carboxylic acids is 1. The van der Waals surface area contributed by atoms with Crippen molar-refractivity contribution in [2.24, 2.45) is 11.8 Å². The van der Waals surface area contributed by atoms with Gasteiger partial charge in [-0.15, -0.1) is 0 Å². The molecule has 0 aromatic carbocycles. The molecule has 3 atom stereocenters. The molecule has 1 saturated carbocycles. The summed E-state index contributed by atoms with van der Waals surface area (Å²) in [6.45, 7) is 1.85. The topological polar surface area (TPSA) is 74.6 Å². The molecule has 0 heterocycles. The normalized spacial score (nSPS) is 21.9. The number of aliphatic hydroxyl groups is 1. The summed E-state index contributed by atoms with van der Waals surface area (Å²) in [6.07, 6.45) is 5.09. The lowest BCUT2D eigenvalue weighted by atomic mass is 9.85. The molecule has 3 unspecified atom stereocenters. The average molecular weight is 376 g/mol. The van der Waals surface area contributed by atoms with E-state index in [0.717, 1.165) is 32.1 Å². The Hall–Kier alpha value is -1.04. The van der Waals surface area contributed by atoms with Crippen LogP contribution in [-0.2, 0) is 9.59 Å². The highest BCUT2D eigenvalue weighted by atomic mass is 19.3. The summed E-state index contributed by atoms with van der Waals surface area (Å²) in [5, 5.41) is 18.5. The van der Waals surface area contributed by atoms with Gasteiger partial charge in [0.2, 0.25) is 0 Å². The third-order valence-corrected chi connectivity index (χ3v) is 5.56. The Labute approximate surface area is 155 Å². The maximum Gasteiger partial charge on any atom is 0.303 e. The number of aliphatic hydroxyl groups excluding tert-OH is 1. The van der Waals surface area contributed by atoms with Crippen molar-refractivity contribution in [2.75, 3.05) is 0 Å². The minimum absolute atomic E-state index is 0.0454. The largest absolute Gasteiger partial charge is 0.481 e. The quantitative estimate of drug-likeness (QED) is 0.420. The molecule has 1 aliphatic rings. The van der Waals surface area contributed by atoms with Crippen LogP contribution in [0, 0.1) is 11.8 Å². The van der Waals surface area contributed by atoms with Gasteiger partial charge in [-0.3, -0.25) is 9.59 Å². The number of aliphatic carboxylic acids is 1. The fraction of sp³-hybridized carbons (Fsp3) is 0.900. The van der Waals surface area contributed by atoms with Gasteiger partial charge in [-0.1, -0.05) is 32.6 Å². The first-order valence-electron chi connectivity index (χ1n) is 10.1. The fourth-order valence-electron chi connectivity index (χ4n) is 3.88. The molecule has 152 valence electrons. The fourth-order valence-corrected chi connectivity index (χ4v) is 3.88. The summed E-state index contributed by atoms with van der Waals surface area (Å²) < 4.78 is 27.7. The van der Waals surface area contributed by atoms with E-state index < -0.39 is 18.0 Å². The number of Topliss-reactive ketones (excluding diaryl/α,β-unsaturated/α-hetero) is 1. The van der Waals surface area contributed by atoms with Gasteiger partial charge in [0.05, 0.1) is 0 Å². The Balaban J connectivity index is 2.33. The van der Waals surface area contributed by atoms with Gasteiger partial charge in [-0.25, -0.2) is 8.78 Å². The van der Waals surface area contributed by atoms with Gasteiger partial charge in [0.15, 0.2) is 0 Å². The van der Waals surface area contributed by atoms with Crippen LogP contribution >= 0.6 is 0 Å². The third kappa shape index (κ3) is 8.11. The van der Waals surface area contributed by atoms with Crippen LogP contribution in [0.2, 0.25) is 0 Å². The Morgan fingerprint density at radius 2 is 1.88 bits per heavy atom. The van der Waals surface area contributed by atoms with E-state index in [1.165, 1.54) is 0 Å². The number of carbonyl (C=O) groups is 2. The number of carbonyl (C=O) groups excluding carboxylic acids is 1. The van der Waals surface area contributed by atoms with E-state index in [1.807, 2.05) is 6.92 Å². The average Bonchev–Trinajstić information content (AvgIpc) is 2.93. The Morgan fingerprint density at radius 3 is 2.54 bits per heavy atom. The first-order valence-corrected chi connectivity index (χ1v) is 10.1. The molecule has 2 N–H and O–H groups in total. The van der Waals surface area contributed by atoms with Crippen LogP contribution in [0.1, 0.15) is 90.4 Å². The van der Waals surface area contributed by atoms with Crippen molar-refractivity contribution in [3.8, 4) is 0 Å². The zero-order valence-electron chi connectivity index (χ0n) is 15.9. The van der Waals surface area contributed by atoms with Crippen LogP contribution in [-0.4, -0.2) is 34.0 Å². The molecule has 0 aromatic rings. The summed E-state index contributed by atoms with van der Waals surface area (Å²) in [4.78, 5) is 22.6. The van der Waals surface area contributed by atoms with Gasteiger partial charge in [0, 0.05) is 25.2 Å². The number of alkyl halides is 2. The van der Waals surface area contributed by atoms with E-state index in [0.29, 0.717) is 32.1 Å². The minimum atomic E-state index is -3.04. The summed E-state index contributed by atoms with van der Waals surface area (Å²) in [5.74, 6) is -3.60. The number of halogens is 2. The van der Waals surface area contributed by atoms with Crippen LogP contribution < -0.4 is 0 Å². The number of hydrogen-bond donors (Lipinski definition) is 2. The zero-order chi connectivity index (χ0) is 19.6. The second kappa shape index (κ2) is 11.6. The monoisotopic (exact) mass is 376 g/mol. The van der Waals surface area contributed by atoms with Crippen LogP contribution in [0.25, 0.3) is 0 Å². The molecular weight excluding hydrogens is 342 g/mol. The van der Waals surface area contributed by atoms with Gasteiger partial charge in [-0.05, 0) is 44.4 Å². The second-order valence-electron chi connectivity index (χ2n) is 7.68. The van der Waals surface area contributed by atoms with Crippen LogP contribution in [0.3, 0.4) is 0 Å². The lowest BCUT2D eigenvalue weighted by molar-refractivity contribution is -0.137. The molecule has 0 saturated heterocycles. The number of hydrogen-bond acceptors (Lipinski definition) is 3. The lowest BCUT2D eigenvalue weighted by Crippen LogP contribution is -2.34. The smallest absolute Gasteiger partial charge is 0.303 e. The van der Waals surface area contributed by atoms with Gasteiger partial charge >= 0.3 is 5.97 Å². The molecule has 0 amide bonds. The summed E-state index contributed by atoms with van der Waals surface area (Å²) >= 11 is 0. The van der Waals surface area contributed by atoms with Gasteiger partial charge in [0.25, 0.3) is 5.92 Å². The first-order chi connectivity index (χ1) is 12.3. The molecule has 0 radical (unpaired) electrons. The molecule has 26 heavy (non-hydrogen) atoms. The highest BCUT2D eigenvalue weighted by molar-refractivity contribution is 5.83. The van der Waals surface area contributed by atoms with Crippen molar-refractivity contribution < 1.29 is 28.6 Å². The van der Waals surface area contributed by atoms with Crippen LogP contribution in [0.5, 0.6) is 0 Å². The number of ketones is 1.